The molecule has 0 bridgehead atoms. The lowest BCUT2D eigenvalue weighted by atomic mass is 10.1. The highest BCUT2D eigenvalue weighted by Crippen LogP contribution is 2.12. The first kappa shape index (κ1) is 12.4. The molecule has 1 aromatic rings. The van der Waals surface area contributed by atoms with E-state index in [1.165, 1.54) is 0 Å². The fourth-order valence-electron chi connectivity index (χ4n) is 2.00. The smallest absolute Gasteiger partial charge is 0.119 e. The van der Waals surface area contributed by atoms with E-state index in [-0.39, 0.29) is 6.10 Å². The molecule has 0 aromatic heterocycles. The summed E-state index contributed by atoms with van der Waals surface area (Å²) in [6.07, 6.45) is 2.72. The van der Waals surface area contributed by atoms with E-state index in [2.05, 4.69) is 5.32 Å². The fraction of sp³-hybridized carbons (Fsp3) is 0.571. The predicted molar refractivity (Wildman–Crippen MR) is 68.4 cm³/mol. The molecule has 1 N–H and O–H groups in total. The summed E-state index contributed by atoms with van der Waals surface area (Å²) in [5.74, 6) is 0.911. The van der Waals surface area contributed by atoms with E-state index >= 15 is 0 Å². The Morgan fingerprint density at radius 3 is 2.65 bits per heavy atom. The molecule has 0 amide bonds. The van der Waals surface area contributed by atoms with Crippen LogP contribution in [0.15, 0.2) is 30.3 Å². The van der Waals surface area contributed by atoms with Crippen LogP contribution < -0.4 is 10.1 Å². The first-order valence-corrected chi connectivity index (χ1v) is 6.38. The number of hydrogen-bond acceptors (Lipinski definition) is 3. The average Bonchev–Trinajstić information content (AvgIpc) is 2.39. The van der Waals surface area contributed by atoms with Gasteiger partial charge in [0.2, 0.25) is 0 Å². The molecule has 0 saturated carbocycles. The van der Waals surface area contributed by atoms with Crippen LogP contribution in [-0.2, 0) is 4.74 Å². The maximum atomic E-state index is 5.85. The topological polar surface area (TPSA) is 30.5 Å². The molecule has 1 aromatic carbocycles. The van der Waals surface area contributed by atoms with Gasteiger partial charge in [-0.15, -0.1) is 0 Å². The SMILES string of the molecule is CC(COC1CCNCC1)Oc1ccccc1. The van der Waals surface area contributed by atoms with Gasteiger partial charge in [-0.1, -0.05) is 18.2 Å². The molecule has 1 aliphatic rings. The highest BCUT2D eigenvalue weighted by Gasteiger charge is 2.14. The van der Waals surface area contributed by atoms with Crippen LogP contribution in [-0.4, -0.2) is 31.9 Å². The van der Waals surface area contributed by atoms with Crippen molar-refractivity contribution < 1.29 is 9.47 Å². The molecular weight excluding hydrogens is 214 g/mol. The van der Waals surface area contributed by atoms with Crippen molar-refractivity contribution in [1.82, 2.24) is 5.32 Å². The van der Waals surface area contributed by atoms with Crippen LogP contribution in [0.5, 0.6) is 5.75 Å². The molecule has 0 radical (unpaired) electrons. The van der Waals surface area contributed by atoms with Crippen molar-refractivity contribution >= 4 is 0 Å². The summed E-state index contributed by atoms with van der Waals surface area (Å²) in [6.45, 7) is 4.85. The van der Waals surface area contributed by atoms with Crippen LogP contribution in [0.2, 0.25) is 0 Å². The van der Waals surface area contributed by atoms with Gasteiger partial charge in [0.1, 0.15) is 11.9 Å². The monoisotopic (exact) mass is 235 g/mol. The number of benzene rings is 1. The fourth-order valence-corrected chi connectivity index (χ4v) is 2.00. The van der Waals surface area contributed by atoms with Gasteiger partial charge in [0.15, 0.2) is 0 Å². The van der Waals surface area contributed by atoms with E-state index < -0.39 is 0 Å². The van der Waals surface area contributed by atoms with E-state index in [1.807, 2.05) is 37.3 Å². The van der Waals surface area contributed by atoms with Gasteiger partial charge in [0.05, 0.1) is 12.7 Å². The number of para-hydroxylation sites is 1. The Bertz CT molecular complexity index is 309. The maximum absolute atomic E-state index is 5.85. The summed E-state index contributed by atoms with van der Waals surface area (Å²) in [7, 11) is 0. The molecule has 0 spiro atoms. The molecule has 0 aliphatic carbocycles. The normalized spacial score (nSPS) is 18.9. The third-order valence-electron chi connectivity index (χ3n) is 2.93. The number of piperidine rings is 1. The Kier molecular flexibility index (Phi) is 4.83. The summed E-state index contributed by atoms with van der Waals surface area (Å²) in [5, 5.41) is 3.33. The van der Waals surface area contributed by atoms with Gasteiger partial charge in [-0.3, -0.25) is 0 Å². The number of hydrogen-bond donors (Lipinski definition) is 1. The molecule has 94 valence electrons. The van der Waals surface area contributed by atoms with Crippen LogP contribution >= 0.6 is 0 Å². The van der Waals surface area contributed by atoms with Crippen molar-refractivity contribution in [2.45, 2.75) is 32.0 Å². The Morgan fingerprint density at radius 1 is 1.24 bits per heavy atom. The molecule has 3 heteroatoms. The van der Waals surface area contributed by atoms with Crippen LogP contribution in [0.25, 0.3) is 0 Å². The minimum atomic E-state index is 0.104. The number of ether oxygens (including phenoxy) is 2. The van der Waals surface area contributed by atoms with Crippen LogP contribution in [0, 0.1) is 0 Å². The van der Waals surface area contributed by atoms with Gasteiger partial charge in [-0.2, -0.15) is 0 Å². The molecule has 3 nitrogen and oxygen atoms in total. The molecule has 1 atom stereocenters. The lowest BCUT2D eigenvalue weighted by Gasteiger charge is -2.24. The summed E-state index contributed by atoms with van der Waals surface area (Å²) in [6, 6.07) is 9.90. The second kappa shape index (κ2) is 6.62. The summed E-state index contributed by atoms with van der Waals surface area (Å²) in [4.78, 5) is 0. The largest absolute Gasteiger partial charge is 0.488 e. The molecule has 1 aliphatic heterocycles. The van der Waals surface area contributed by atoms with E-state index in [0.717, 1.165) is 31.7 Å². The standard InChI is InChI=1S/C14H21NO2/c1-12(17-14-5-3-2-4-6-14)11-16-13-7-9-15-10-8-13/h2-6,12-13,15H,7-11H2,1H3. The first-order valence-electron chi connectivity index (χ1n) is 6.38. The zero-order chi connectivity index (χ0) is 11.9. The molecule has 17 heavy (non-hydrogen) atoms. The van der Waals surface area contributed by atoms with Crippen LogP contribution in [0.1, 0.15) is 19.8 Å². The van der Waals surface area contributed by atoms with Crippen molar-refractivity contribution in [3.8, 4) is 5.75 Å². The Labute approximate surface area is 103 Å². The third-order valence-corrected chi connectivity index (χ3v) is 2.93. The van der Waals surface area contributed by atoms with Gasteiger partial charge < -0.3 is 14.8 Å². The predicted octanol–water partition coefficient (Wildman–Crippen LogP) is 2.22. The summed E-state index contributed by atoms with van der Waals surface area (Å²) in [5.41, 5.74) is 0. The van der Waals surface area contributed by atoms with Gasteiger partial charge in [0, 0.05) is 0 Å². The van der Waals surface area contributed by atoms with Crippen LogP contribution in [0.3, 0.4) is 0 Å². The van der Waals surface area contributed by atoms with Crippen LogP contribution in [0.4, 0.5) is 0 Å². The Hall–Kier alpha value is -1.06. The molecule has 1 saturated heterocycles. The van der Waals surface area contributed by atoms with Gasteiger partial charge in [-0.05, 0) is 45.0 Å². The highest BCUT2D eigenvalue weighted by molar-refractivity contribution is 5.21. The molecule has 1 heterocycles. The van der Waals surface area contributed by atoms with Gasteiger partial charge in [0.25, 0.3) is 0 Å². The van der Waals surface area contributed by atoms with E-state index in [4.69, 9.17) is 9.47 Å². The summed E-state index contributed by atoms with van der Waals surface area (Å²) < 4.78 is 11.6. The van der Waals surface area contributed by atoms with Crippen molar-refractivity contribution in [3.63, 3.8) is 0 Å². The lowest BCUT2D eigenvalue weighted by molar-refractivity contribution is -0.00756. The zero-order valence-corrected chi connectivity index (χ0v) is 10.4. The Morgan fingerprint density at radius 2 is 1.94 bits per heavy atom. The highest BCUT2D eigenvalue weighted by atomic mass is 16.5. The molecule has 1 fully saturated rings. The minimum absolute atomic E-state index is 0.104. The van der Waals surface area contributed by atoms with E-state index in [9.17, 15) is 0 Å². The summed E-state index contributed by atoms with van der Waals surface area (Å²) >= 11 is 0. The van der Waals surface area contributed by atoms with Crippen molar-refractivity contribution in [2.75, 3.05) is 19.7 Å². The zero-order valence-electron chi connectivity index (χ0n) is 10.4. The van der Waals surface area contributed by atoms with Gasteiger partial charge >= 0.3 is 0 Å². The van der Waals surface area contributed by atoms with E-state index in [0.29, 0.717) is 12.7 Å². The van der Waals surface area contributed by atoms with Crippen molar-refractivity contribution in [3.05, 3.63) is 30.3 Å². The number of nitrogens with one attached hydrogen (secondary N) is 1. The molecule has 1 unspecified atom stereocenters. The lowest BCUT2D eigenvalue weighted by Crippen LogP contribution is -2.34. The quantitative estimate of drug-likeness (QED) is 0.849. The number of rotatable bonds is 5. The van der Waals surface area contributed by atoms with Gasteiger partial charge in [-0.25, -0.2) is 0 Å². The second-order valence-corrected chi connectivity index (χ2v) is 4.52. The maximum Gasteiger partial charge on any atom is 0.119 e. The van der Waals surface area contributed by atoms with Crippen molar-refractivity contribution in [2.24, 2.45) is 0 Å². The minimum Gasteiger partial charge on any atom is -0.488 e. The average molecular weight is 235 g/mol. The Balaban J connectivity index is 1.68. The third kappa shape index (κ3) is 4.36. The van der Waals surface area contributed by atoms with E-state index in [1.54, 1.807) is 0 Å². The molecular formula is C14H21NO2. The second-order valence-electron chi connectivity index (χ2n) is 4.52. The first-order chi connectivity index (χ1) is 8.34. The van der Waals surface area contributed by atoms with Crippen molar-refractivity contribution in [1.29, 1.82) is 0 Å². The molecule has 2 rings (SSSR count).